The second-order valence-corrected chi connectivity index (χ2v) is 5.38. The topological polar surface area (TPSA) is 83.8 Å². The summed E-state index contributed by atoms with van der Waals surface area (Å²) in [4.78, 5) is 12.2. The molecule has 0 spiro atoms. The number of aromatic nitrogens is 2. The fraction of sp³-hybridized carbons (Fsp3) is 0.333. The number of nitrogens with two attached hydrogens (primary N) is 1. The molecule has 21 heavy (non-hydrogen) atoms. The average molecular weight is 288 g/mol. The SMILES string of the molecule is NC(CNC(=O)c1cn[nH]c1-c1ccc(F)cc1)C1CC1. The van der Waals surface area contributed by atoms with Crippen LogP contribution in [0.15, 0.2) is 30.5 Å². The van der Waals surface area contributed by atoms with E-state index >= 15 is 0 Å². The van der Waals surface area contributed by atoms with Crippen molar-refractivity contribution in [2.75, 3.05) is 6.54 Å². The van der Waals surface area contributed by atoms with Crippen molar-refractivity contribution in [1.29, 1.82) is 0 Å². The van der Waals surface area contributed by atoms with Crippen molar-refractivity contribution in [2.24, 2.45) is 11.7 Å². The van der Waals surface area contributed by atoms with Crippen LogP contribution in [-0.4, -0.2) is 28.7 Å². The molecule has 1 heterocycles. The summed E-state index contributed by atoms with van der Waals surface area (Å²) in [7, 11) is 0. The van der Waals surface area contributed by atoms with Gasteiger partial charge in [0.25, 0.3) is 5.91 Å². The first-order chi connectivity index (χ1) is 10.1. The van der Waals surface area contributed by atoms with Gasteiger partial charge in [-0.3, -0.25) is 9.89 Å². The van der Waals surface area contributed by atoms with Crippen LogP contribution in [0.1, 0.15) is 23.2 Å². The molecule has 1 atom stereocenters. The molecule has 5 nitrogen and oxygen atoms in total. The molecule has 0 saturated heterocycles. The van der Waals surface area contributed by atoms with Gasteiger partial charge in [0.1, 0.15) is 5.82 Å². The number of hydrogen-bond acceptors (Lipinski definition) is 3. The van der Waals surface area contributed by atoms with Crippen LogP contribution >= 0.6 is 0 Å². The molecule has 1 amide bonds. The Hall–Kier alpha value is -2.21. The zero-order chi connectivity index (χ0) is 14.8. The maximum absolute atomic E-state index is 13.0. The predicted molar refractivity (Wildman–Crippen MR) is 77.0 cm³/mol. The number of benzene rings is 1. The van der Waals surface area contributed by atoms with Crippen LogP contribution in [0.3, 0.4) is 0 Å². The van der Waals surface area contributed by atoms with Crippen molar-refractivity contribution in [3.8, 4) is 11.3 Å². The molecule has 1 aliphatic rings. The van der Waals surface area contributed by atoms with E-state index in [4.69, 9.17) is 5.73 Å². The third kappa shape index (κ3) is 3.11. The summed E-state index contributed by atoms with van der Waals surface area (Å²) in [5.41, 5.74) is 7.69. The first kappa shape index (κ1) is 13.8. The number of aromatic amines is 1. The van der Waals surface area contributed by atoms with Gasteiger partial charge in [-0.25, -0.2) is 4.39 Å². The number of amides is 1. The molecule has 6 heteroatoms. The molecule has 1 aromatic heterocycles. The molecule has 1 fully saturated rings. The van der Waals surface area contributed by atoms with E-state index in [2.05, 4.69) is 15.5 Å². The summed E-state index contributed by atoms with van der Waals surface area (Å²) in [5, 5.41) is 9.52. The summed E-state index contributed by atoms with van der Waals surface area (Å²) in [6.45, 7) is 0.456. The zero-order valence-electron chi connectivity index (χ0n) is 11.5. The highest BCUT2D eigenvalue weighted by Crippen LogP contribution is 2.31. The van der Waals surface area contributed by atoms with Gasteiger partial charge in [0.05, 0.1) is 17.5 Å². The Labute approximate surface area is 121 Å². The van der Waals surface area contributed by atoms with Crippen molar-refractivity contribution < 1.29 is 9.18 Å². The lowest BCUT2D eigenvalue weighted by Crippen LogP contribution is -2.38. The van der Waals surface area contributed by atoms with Gasteiger partial charge in [-0.15, -0.1) is 0 Å². The van der Waals surface area contributed by atoms with Crippen molar-refractivity contribution >= 4 is 5.91 Å². The number of nitrogens with one attached hydrogen (secondary N) is 2. The van der Waals surface area contributed by atoms with Gasteiger partial charge < -0.3 is 11.1 Å². The number of rotatable bonds is 5. The molecule has 0 radical (unpaired) electrons. The summed E-state index contributed by atoms with van der Waals surface area (Å²) in [5.74, 6) is -0.00920. The smallest absolute Gasteiger partial charge is 0.255 e. The van der Waals surface area contributed by atoms with E-state index in [0.29, 0.717) is 29.3 Å². The van der Waals surface area contributed by atoms with E-state index in [1.807, 2.05) is 0 Å². The lowest BCUT2D eigenvalue weighted by Gasteiger charge is -2.11. The summed E-state index contributed by atoms with van der Waals surface area (Å²) in [6.07, 6.45) is 3.75. The standard InChI is InChI=1S/C15H17FN4O/c16-11-5-3-10(4-6-11)14-12(7-19-20-14)15(21)18-8-13(17)9-1-2-9/h3-7,9,13H,1-2,8,17H2,(H,18,21)(H,19,20). The number of carbonyl (C=O) groups excluding carboxylic acids is 1. The molecule has 1 aliphatic carbocycles. The Balaban J connectivity index is 1.71. The summed E-state index contributed by atoms with van der Waals surface area (Å²) < 4.78 is 13.0. The lowest BCUT2D eigenvalue weighted by molar-refractivity contribution is 0.0951. The monoisotopic (exact) mass is 288 g/mol. The van der Waals surface area contributed by atoms with Crippen LogP contribution in [0.5, 0.6) is 0 Å². The molecule has 1 unspecified atom stereocenters. The Morgan fingerprint density at radius 3 is 2.81 bits per heavy atom. The number of halogens is 1. The summed E-state index contributed by atoms with van der Waals surface area (Å²) >= 11 is 0. The van der Waals surface area contributed by atoms with Gasteiger partial charge in [-0.1, -0.05) is 0 Å². The third-order valence-corrected chi connectivity index (χ3v) is 3.74. The number of H-pyrrole nitrogens is 1. The quantitative estimate of drug-likeness (QED) is 0.782. The van der Waals surface area contributed by atoms with Gasteiger partial charge in [0.15, 0.2) is 0 Å². The van der Waals surface area contributed by atoms with Gasteiger partial charge in [0, 0.05) is 18.2 Å². The Kier molecular flexibility index (Phi) is 3.70. The first-order valence-corrected chi connectivity index (χ1v) is 6.98. The molecular formula is C15H17FN4O. The third-order valence-electron chi connectivity index (χ3n) is 3.74. The highest BCUT2D eigenvalue weighted by Gasteiger charge is 2.28. The number of hydrogen-bond donors (Lipinski definition) is 3. The summed E-state index contributed by atoms with van der Waals surface area (Å²) in [6, 6.07) is 5.92. The highest BCUT2D eigenvalue weighted by molar-refractivity contribution is 5.99. The molecular weight excluding hydrogens is 271 g/mol. The van der Waals surface area contributed by atoms with Crippen LogP contribution in [0, 0.1) is 11.7 Å². The second-order valence-electron chi connectivity index (χ2n) is 5.38. The minimum absolute atomic E-state index is 0.00937. The van der Waals surface area contributed by atoms with Crippen LogP contribution in [0.2, 0.25) is 0 Å². The second kappa shape index (κ2) is 5.65. The first-order valence-electron chi connectivity index (χ1n) is 6.98. The average Bonchev–Trinajstić information content (AvgIpc) is 3.23. The van der Waals surface area contributed by atoms with Crippen molar-refractivity contribution in [3.05, 3.63) is 41.8 Å². The van der Waals surface area contributed by atoms with E-state index in [0.717, 1.165) is 12.8 Å². The fourth-order valence-corrected chi connectivity index (χ4v) is 2.29. The minimum atomic E-state index is -0.320. The molecule has 2 aromatic rings. The van der Waals surface area contributed by atoms with E-state index in [9.17, 15) is 9.18 Å². The van der Waals surface area contributed by atoms with Gasteiger partial charge >= 0.3 is 0 Å². The van der Waals surface area contributed by atoms with E-state index in [1.165, 1.54) is 18.3 Å². The fourth-order valence-electron chi connectivity index (χ4n) is 2.29. The van der Waals surface area contributed by atoms with Crippen LogP contribution in [0.25, 0.3) is 11.3 Å². The molecule has 1 aromatic carbocycles. The van der Waals surface area contributed by atoms with E-state index in [1.54, 1.807) is 12.1 Å². The number of nitrogens with zero attached hydrogens (tertiary/aromatic N) is 1. The van der Waals surface area contributed by atoms with E-state index in [-0.39, 0.29) is 17.8 Å². The molecule has 0 aliphatic heterocycles. The minimum Gasteiger partial charge on any atom is -0.350 e. The van der Waals surface area contributed by atoms with Gasteiger partial charge in [-0.2, -0.15) is 5.10 Å². The van der Waals surface area contributed by atoms with Crippen molar-refractivity contribution in [1.82, 2.24) is 15.5 Å². The zero-order valence-corrected chi connectivity index (χ0v) is 11.5. The van der Waals surface area contributed by atoms with Gasteiger partial charge in [0.2, 0.25) is 0 Å². The molecule has 0 bridgehead atoms. The lowest BCUT2D eigenvalue weighted by atomic mass is 10.1. The maximum Gasteiger partial charge on any atom is 0.255 e. The van der Waals surface area contributed by atoms with Crippen LogP contribution < -0.4 is 11.1 Å². The Morgan fingerprint density at radius 2 is 2.14 bits per heavy atom. The molecule has 4 N–H and O–H groups in total. The number of carbonyl (C=O) groups is 1. The van der Waals surface area contributed by atoms with Crippen LogP contribution in [-0.2, 0) is 0 Å². The molecule has 3 rings (SSSR count). The normalized spacial score (nSPS) is 15.7. The van der Waals surface area contributed by atoms with E-state index < -0.39 is 0 Å². The highest BCUT2D eigenvalue weighted by atomic mass is 19.1. The Bertz CT molecular complexity index is 633. The maximum atomic E-state index is 13.0. The van der Waals surface area contributed by atoms with Gasteiger partial charge in [-0.05, 0) is 43.0 Å². The Morgan fingerprint density at radius 1 is 1.43 bits per heavy atom. The van der Waals surface area contributed by atoms with Crippen LogP contribution in [0.4, 0.5) is 4.39 Å². The predicted octanol–water partition coefficient (Wildman–Crippen LogP) is 1.68. The van der Waals surface area contributed by atoms with Crippen molar-refractivity contribution in [2.45, 2.75) is 18.9 Å². The molecule has 1 saturated carbocycles. The van der Waals surface area contributed by atoms with Crippen molar-refractivity contribution in [3.63, 3.8) is 0 Å². The molecule has 110 valence electrons. The largest absolute Gasteiger partial charge is 0.350 e.